The quantitative estimate of drug-likeness (QED) is 0.737. The number of hydrogen-bond donors (Lipinski definition) is 0. The van der Waals surface area contributed by atoms with Crippen molar-refractivity contribution in [1.82, 2.24) is 4.98 Å². The first-order valence-corrected chi connectivity index (χ1v) is 5.47. The van der Waals surface area contributed by atoms with Crippen molar-refractivity contribution >= 4 is 0 Å². The number of ether oxygens (including phenoxy) is 1. The van der Waals surface area contributed by atoms with Crippen molar-refractivity contribution in [2.24, 2.45) is 5.92 Å². The molecule has 0 spiro atoms. The Labute approximate surface area is 103 Å². The zero-order chi connectivity index (χ0) is 13.4. The van der Waals surface area contributed by atoms with Crippen LogP contribution in [-0.4, -0.2) is 24.4 Å². The van der Waals surface area contributed by atoms with Gasteiger partial charge in [-0.15, -0.1) is 0 Å². The molecule has 0 radical (unpaired) electrons. The van der Waals surface area contributed by atoms with Gasteiger partial charge in [0.25, 0.3) is 0 Å². The number of nitrogens with zero attached hydrogens (tertiary/aromatic N) is 2. The summed E-state index contributed by atoms with van der Waals surface area (Å²) in [7, 11) is 0. The number of halogens is 3. The normalized spacial score (nSPS) is 13.0. The second-order valence-corrected chi connectivity index (χ2v) is 3.76. The monoisotopic (exact) mass is 258 g/mol. The largest absolute Gasteiger partial charge is 0.406 e. The third-order valence-electron chi connectivity index (χ3n) is 2.34. The van der Waals surface area contributed by atoms with Gasteiger partial charge in [-0.05, 0) is 30.5 Å². The SMILES string of the molecule is N#CC(COCCCc1ccncc1)C(F)(F)F. The van der Waals surface area contributed by atoms with Gasteiger partial charge in [-0.2, -0.15) is 18.4 Å². The topological polar surface area (TPSA) is 45.9 Å². The van der Waals surface area contributed by atoms with Crippen molar-refractivity contribution in [3.8, 4) is 6.07 Å². The van der Waals surface area contributed by atoms with Gasteiger partial charge >= 0.3 is 6.18 Å². The third kappa shape index (κ3) is 5.15. The smallest absolute Gasteiger partial charge is 0.380 e. The van der Waals surface area contributed by atoms with E-state index < -0.39 is 18.7 Å². The molecule has 1 aromatic rings. The fraction of sp³-hybridized carbons (Fsp3) is 0.500. The Morgan fingerprint density at radius 2 is 2.00 bits per heavy atom. The zero-order valence-electron chi connectivity index (χ0n) is 9.65. The second kappa shape index (κ2) is 6.97. The van der Waals surface area contributed by atoms with Crippen LogP contribution in [-0.2, 0) is 11.2 Å². The summed E-state index contributed by atoms with van der Waals surface area (Å²) in [5.41, 5.74) is 1.06. The van der Waals surface area contributed by atoms with Crippen molar-refractivity contribution in [3.63, 3.8) is 0 Å². The number of hydrogen-bond acceptors (Lipinski definition) is 3. The maximum atomic E-state index is 12.2. The summed E-state index contributed by atoms with van der Waals surface area (Å²) in [6.45, 7) is -0.396. The number of rotatable bonds is 6. The fourth-order valence-electron chi connectivity index (χ4n) is 1.33. The first-order valence-electron chi connectivity index (χ1n) is 5.47. The van der Waals surface area contributed by atoms with Gasteiger partial charge in [0.15, 0.2) is 5.92 Å². The molecule has 0 saturated carbocycles. The molecule has 0 amide bonds. The zero-order valence-corrected chi connectivity index (χ0v) is 9.65. The first kappa shape index (κ1) is 14.5. The van der Waals surface area contributed by atoms with E-state index in [2.05, 4.69) is 4.98 Å². The van der Waals surface area contributed by atoms with Crippen molar-refractivity contribution in [2.45, 2.75) is 19.0 Å². The number of alkyl halides is 3. The van der Waals surface area contributed by atoms with E-state index in [4.69, 9.17) is 10.00 Å². The molecule has 0 aliphatic heterocycles. The molecular weight excluding hydrogens is 245 g/mol. The van der Waals surface area contributed by atoms with Crippen molar-refractivity contribution in [3.05, 3.63) is 30.1 Å². The highest BCUT2D eigenvalue weighted by atomic mass is 19.4. The van der Waals surface area contributed by atoms with Crippen LogP contribution in [0.3, 0.4) is 0 Å². The van der Waals surface area contributed by atoms with E-state index in [-0.39, 0.29) is 6.61 Å². The van der Waals surface area contributed by atoms with E-state index in [1.165, 1.54) is 6.07 Å². The lowest BCUT2D eigenvalue weighted by molar-refractivity contribution is -0.171. The molecular formula is C12H13F3N2O. The maximum Gasteiger partial charge on any atom is 0.406 e. The molecule has 0 N–H and O–H groups in total. The van der Waals surface area contributed by atoms with E-state index >= 15 is 0 Å². The molecule has 0 aromatic carbocycles. The number of nitriles is 1. The molecule has 1 atom stereocenters. The third-order valence-corrected chi connectivity index (χ3v) is 2.34. The summed E-state index contributed by atoms with van der Waals surface area (Å²) >= 11 is 0. The fourth-order valence-corrected chi connectivity index (χ4v) is 1.33. The van der Waals surface area contributed by atoms with Crippen LogP contribution in [0.4, 0.5) is 13.2 Å². The Hall–Kier alpha value is -1.61. The summed E-state index contributed by atoms with van der Waals surface area (Å²) in [6, 6.07) is 4.87. The molecule has 1 unspecified atom stereocenters. The minimum absolute atomic E-state index is 0.205. The number of pyridine rings is 1. The van der Waals surface area contributed by atoms with E-state index in [0.717, 1.165) is 5.56 Å². The first-order chi connectivity index (χ1) is 8.54. The molecule has 1 heterocycles. The lowest BCUT2D eigenvalue weighted by Crippen LogP contribution is -2.26. The highest BCUT2D eigenvalue weighted by Gasteiger charge is 2.39. The Morgan fingerprint density at radius 3 is 2.56 bits per heavy atom. The standard InChI is InChI=1S/C12H13F3N2O/c13-12(14,15)11(8-16)9-18-7-1-2-10-3-5-17-6-4-10/h3-6,11H,1-2,7,9H2. The number of aromatic nitrogens is 1. The molecule has 3 nitrogen and oxygen atoms in total. The van der Waals surface area contributed by atoms with E-state index in [0.29, 0.717) is 12.8 Å². The van der Waals surface area contributed by atoms with Crippen LogP contribution < -0.4 is 0 Å². The lowest BCUT2D eigenvalue weighted by Gasteiger charge is -2.13. The van der Waals surface area contributed by atoms with Crippen molar-refractivity contribution in [1.29, 1.82) is 5.26 Å². The van der Waals surface area contributed by atoms with Crippen LogP contribution in [0.2, 0.25) is 0 Å². The van der Waals surface area contributed by atoms with E-state index in [1.54, 1.807) is 12.4 Å². The predicted octanol–water partition coefficient (Wildman–Crippen LogP) is 2.73. The Balaban J connectivity index is 2.18. The Bertz CT molecular complexity index is 387. The molecule has 1 rings (SSSR count). The van der Waals surface area contributed by atoms with Gasteiger partial charge in [0, 0.05) is 19.0 Å². The van der Waals surface area contributed by atoms with E-state index in [9.17, 15) is 13.2 Å². The van der Waals surface area contributed by atoms with Gasteiger partial charge in [-0.1, -0.05) is 0 Å². The summed E-state index contributed by atoms with van der Waals surface area (Å²) in [4.78, 5) is 3.86. The van der Waals surface area contributed by atoms with Gasteiger partial charge < -0.3 is 4.74 Å². The van der Waals surface area contributed by atoms with Crippen LogP contribution in [0.25, 0.3) is 0 Å². The van der Waals surface area contributed by atoms with Crippen molar-refractivity contribution in [2.75, 3.05) is 13.2 Å². The summed E-state index contributed by atoms with van der Waals surface area (Å²) in [5.74, 6) is -2.04. The second-order valence-electron chi connectivity index (χ2n) is 3.76. The highest BCUT2D eigenvalue weighted by Crippen LogP contribution is 2.25. The van der Waals surface area contributed by atoms with Crippen LogP contribution >= 0.6 is 0 Å². The van der Waals surface area contributed by atoms with Gasteiger partial charge in [0.05, 0.1) is 12.7 Å². The summed E-state index contributed by atoms with van der Waals surface area (Å²) < 4.78 is 41.4. The average molecular weight is 258 g/mol. The minimum atomic E-state index is -4.51. The summed E-state index contributed by atoms with van der Waals surface area (Å²) in [6.07, 6.45) is 0.128. The Morgan fingerprint density at radius 1 is 1.33 bits per heavy atom. The molecule has 98 valence electrons. The molecule has 1 aromatic heterocycles. The Kier molecular flexibility index (Phi) is 5.59. The van der Waals surface area contributed by atoms with Crippen LogP contribution in [0, 0.1) is 17.2 Å². The van der Waals surface area contributed by atoms with Gasteiger partial charge in [-0.25, -0.2) is 0 Å². The summed E-state index contributed by atoms with van der Waals surface area (Å²) in [5, 5.41) is 8.34. The van der Waals surface area contributed by atoms with Crippen LogP contribution in [0.1, 0.15) is 12.0 Å². The molecule has 0 bridgehead atoms. The number of aryl methyl sites for hydroxylation is 1. The molecule has 18 heavy (non-hydrogen) atoms. The average Bonchev–Trinajstić information content (AvgIpc) is 2.33. The molecule has 0 saturated heterocycles. The van der Waals surface area contributed by atoms with E-state index in [1.807, 2.05) is 12.1 Å². The van der Waals surface area contributed by atoms with Gasteiger partial charge in [-0.3, -0.25) is 4.98 Å². The van der Waals surface area contributed by atoms with Crippen LogP contribution in [0.15, 0.2) is 24.5 Å². The maximum absolute atomic E-state index is 12.2. The molecule has 0 fully saturated rings. The van der Waals surface area contributed by atoms with Gasteiger partial charge in [0.2, 0.25) is 0 Å². The highest BCUT2D eigenvalue weighted by molar-refractivity contribution is 5.09. The minimum Gasteiger partial charge on any atom is -0.380 e. The molecule has 0 aliphatic carbocycles. The van der Waals surface area contributed by atoms with Gasteiger partial charge in [0.1, 0.15) is 0 Å². The predicted molar refractivity (Wildman–Crippen MR) is 58.5 cm³/mol. The molecule has 0 aliphatic rings. The molecule has 6 heteroatoms. The van der Waals surface area contributed by atoms with Crippen LogP contribution in [0.5, 0.6) is 0 Å². The lowest BCUT2D eigenvalue weighted by atomic mass is 10.1. The van der Waals surface area contributed by atoms with Crippen molar-refractivity contribution < 1.29 is 17.9 Å².